The van der Waals surface area contributed by atoms with Gasteiger partial charge in [-0.2, -0.15) is 0 Å². The molecule has 2 nitrogen and oxygen atoms in total. The smallest absolute Gasteiger partial charge is 0.150 e. The molecule has 1 heterocycles. The van der Waals surface area contributed by atoms with E-state index >= 15 is 0 Å². The first-order chi connectivity index (χ1) is 6.77. The van der Waals surface area contributed by atoms with Crippen LogP contribution in [-0.4, -0.2) is 6.29 Å². The van der Waals surface area contributed by atoms with Gasteiger partial charge in [0, 0.05) is 16.6 Å². The molecule has 0 aliphatic carbocycles. The Morgan fingerprint density at radius 3 is 3.00 bits per heavy atom. The van der Waals surface area contributed by atoms with E-state index in [1.54, 1.807) is 11.3 Å². The van der Waals surface area contributed by atoms with Gasteiger partial charge in [-0.05, 0) is 29.5 Å². The van der Waals surface area contributed by atoms with Crippen molar-refractivity contribution in [1.29, 1.82) is 0 Å². The molecule has 0 saturated heterocycles. The highest BCUT2D eigenvalue weighted by Crippen LogP contribution is 2.31. The van der Waals surface area contributed by atoms with Gasteiger partial charge >= 0.3 is 0 Å². The minimum absolute atomic E-state index is 0.775. The summed E-state index contributed by atoms with van der Waals surface area (Å²) in [6, 6.07) is 3.86. The van der Waals surface area contributed by atoms with Crippen molar-refractivity contribution in [1.82, 2.24) is 0 Å². The van der Waals surface area contributed by atoms with Gasteiger partial charge in [-0.3, -0.25) is 4.79 Å². The lowest BCUT2D eigenvalue weighted by Gasteiger charge is -2.05. The van der Waals surface area contributed by atoms with Crippen LogP contribution in [0.4, 0.5) is 5.69 Å². The summed E-state index contributed by atoms with van der Waals surface area (Å²) in [5.74, 6) is 0. The summed E-state index contributed by atoms with van der Waals surface area (Å²) in [6.45, 7) is 2.03. The summed E-state index contributed by atoms with van der Waals surface area (Å²) >= 11 is 1.58. The number of carbonyl (C=O) groups excluding carboxylic acids is 1. The van der Waals surface area contributed by atoms with Crippen LogP contribution in [0.15, 0.2) is 17.5 Å². The summed E-state index contributed by atoms with van der Waals surface area (Å²) in [7, 11) is 0. The highest BCUT2D eigenvalue weighted by atomic mass is 32.1. The van der Waals surface area contributed by atoms with Gasteiger partial charge in [-0.1, -0.05) is 6.92 Å². The molecular weight excluding hydrogens is 194 g/mol. The number of hydrogen-bond acceptors (Lipinski definition) is 3. The molecule has 0 fully saturated rings. The molecular formula is C11H11NOS. The highest BCUT2D eigenvalue weighted by molar-refractivity contribution is 7.17. The molecule has 0 atom stereocenters. The molecule has 0 unspecified atom stereocenters. The molecule has 0 bridgehead atoms. The zero-order valence-electron chi connectivity index (χ0n) is 7.91. The van der Waals surface area contributed by atoms with E-state index in [-0.39, 0.29) is 0 Å². The predicted molar refractivity (Wildman–Crippen MR) is 61.0 cm³/mol. The van der Waals surface area contributed by atoms with Gasteiger partial charge in [0.05, 0.1) is 4.70 Å². The second-order valence-corrected chi connectivity index (χ2v) is 4.09. The molecule has 0 spiro atoms. The fourth-order valence-electron chi connectivity index (χ4n) is 1.68. The van der Waals surface area contributed by atoms with Crippen LogP contribution in [0.1, 0.15) is 22.8 Å². The van der Waals surface area contributed by atoms with E-state index in [9.17, 15) is 4.79 Å². The van der Waals surface area contributed by atoms with Crippen molar-refractivity contribution < 1.29 is 4.79 Å². The summed E-state index contributed by atoms with van der Waals surface area (Å²) in [4.78, 5) is 11.0. The van der Waals surface area contributed by atoms with Crippen LogP contribution in [0.2, 0.25) is 0 Å². The number of fused-ring (bicyclic) bond motifs is 1. The summed E-state index contributed by atoms with van der Waals surface area (Å²) < 4.78 is 1.02. The number of rotatable bonds is 2. The Bertz CT molecular complexity index is 487. The second-order valence-electron chi connectivity index (χ2n) is 3.17. The molecule has 0 aliphatic rings. The van der Waals surface area contributed by atoms with Crippen LogP contribution in [0.5, 0.6) is 0 Å². The number of nitrogen functional groups attached to an aromatic ring is 1. The Hall–Kier alpha value is -1.35. The number of nitrogens with two attached hydrogens (primary N) is 1. The Morgan fingerprint density at radius 1 is 1.57 bits per heavy atom. The Kier molecular flexibility index (Phi) is 2.25. The van der Waals surface area contributed by atoms with Crippen molar-refractivity contribution in [2.24, 2.45) is 0 Å². The molecule has 2 N–H and O–H groups in total. The van der Waals surface area contributed by atoms with E-state index < -0.39 is 0 Å². The standard InChI is InChI=1S/C11H11NOS/c1-2-7-5-10(12)11-8(3-4-14-11)9(7)6-13/h3-6H,2,12H2,1H3. The first-order valence-electron chi connectivity index (χ1n) is 4.51. The molecule has 2 rings (SSSR count). The SMILES string of the molecule is CCc1cc(N)c2sccc2c1C=O. The maximum Gasteiger partial charge on any atom is 0.150 e. The van der Waals surface area contributed by atoms with E-state index in [2.05, 4.69) is 0 Å². The summed E-state index contributed by atoms with van der Waals surface area (Å²) in [5.41, 5.74) is 8.49. The van der Waals surface area contributed by atoms with Crippen LogP contribution < -0.4 is 5.73 Å². The van der Waals surface area contributed by atoms with E-state index in [1.807, 2.05) is 24.4 Å². The number of aldehydes is 1. The number of anilines is 1. The number of thiophene rings is 1. The average molecular weight is 205 g/mol. The van der Waals surface area contributed by atoms with E-state index in [4.69, 9.17) is 5.73 Å². The third-order valence-corrected chi connectivity index (χ3v) is 3.36. The minimum Gasteiger partial charge on any atom is -0.398 e. The van der Waals surface area contributed by atoms with Crippen LogP contribution in [0.3, 0.4) is 0 Å². The third kappa shape index (κ3) is 1.21. The lowest BCUT2D eigenvalue weighted by Crippen LogP contribution is -1.95. The largest absolute Gasteiger partial charge is 0.398 e. The van der Waals surface area contributed by atoms with Crippen LogP contribution in [-0.2, 0) is 6.42 Å². The number of carbonyl (C=O) groups is 1. The highest BCUT2D eigenvalue weighted by Gasteiger charge is 2.09. The fourth-order valence-corrected chi connectivity index (χ4v) is 2.52. The summed E-state index contributed by atoms with van der Waals surface area (Å²) in [5, 5.41) is 2.95. The van der Waals surface area contributed by atoms with E-state index in [0.717, 1.165) is 39.6 Å². The molecule has 1 aromatic carbocycles. The van der Waals surface area contributed by atoms with Gasteiger partial charge in [-0.15, -0.1) is 11.3 Å². The molecule has 72 valence electrons. The Morgan fingerprint density at radius 2 is 2.36 bits per heavy atom. The van der Waals surface area contributed by atoms with Gasteiger partial charge in [0.25, 0.3) is 0 Å². The first kappa shape index (κ1) is 9.21. The van der Waals surface area contributed by atoms with Crippen molar-refractivity contribution in [3.05, 3.63) is 28.6 Å². The lowest BCUT2D eigenvalue weighted by molar-refractivity contribution is 0.112. The zero-order chi connectivity index (χ0) is 10.1. The maximum absolute atomic E-state index is 11.0. The van der Waals surface area contributed by atoms with E-state index in [1.165, 1.54) is 0 Å². The molecule has 3 heteroatoms. The molecule has 0 radical (unpaired) electrons. The molecule has 0 saturated carbocycles. The van der Waals surface area contributed by atoms with Crippen molar-refractivity contribution in [3.63, 3.8) is 0 Å². The monoisotopic (exact) mass is 205 g/mol. The van der Waals surface area contributed by atoms with Crippen LogP contribution in [0, 0.1) is 0 Å². The maximum atomic E-state index is 11.0. The molecule has 14 heavy (non-hydrogen) atoms. The average Bonchev–Trinajstić information content (AvgIpc) is 2.66. The topological polar surface area (TPSA) is 43.1 Å². The van der Waals surface area contributed by atoms with Crippen molar-refractivity contribution >= 4 is 33.4 Å². The first-order valence-corrected chi connectivity index (χ1v) is 5.39. The van der Waals surface area contributed by atoms with Gasteiger partial charge in [0.15, 0.2) is 6.29 Å². The quantitative estimate of drug-likeness (QED) is 0.605. The minimum atomic E-state index is 0.775. The number of aryl methyl sites for hydroxylation is 1. The number of hydrogen-bond donors (Lipinski definition) is 1. The lowest BCUT2D eigenvalue weighted by atomic mass is 10.0. The van der Waals surface area contributed by atoms with Crippen molar-refractivity contribution in [3.8, 4) is 0 Å². The molecule has 1 aromatic heterocycles. The second kappa shape index (κ2) is 3.42. The molecule has 0 amide bonds. The predicted octanol–water partition coefficient (Wildman–Crippen LogP) is 2.86. The number of benzene rings is 1. The van der Waals surface area contributed by atoms with Gasteiger partial charge in [0.2, 0.25) is 0 Å². The molecule has 2 aromatic rings. The third-order valence-electron chi connectivity index (χ3n) is 2.39. The zero-order valence-corrected chi connectivity index (χ0v) is 8.73. The Balaban J connectivity index is 2.88. The van der Waals surface area contributed by atoms with Gasteiger partial charge in [-0.25, -0.2) is 0 Å². The van der Waals surface area contributed by atoms with Gasteiger partial charge < -0.3 is 5.73 Å². The van der Waals surface area contributed by atoms with Crippen LogP contribution >= 0.6 is 11.3 Å². The summed E-state index contributed by atoms with van der Waals surface area (Å²) in [6.07, 6.45) is 1.76. The van der Waals surface area contributed by atoms with Gasteiger partial charge in [0.1, 0.15) is 0 Å². The normalized spacial score (nSPS) is 10.6. The molecule has 0 aliphatic heterocycles. The fraction of sp³-hybridized carbons (Fsp3) is 0.182. The van der Waals surface area contributed by atoms with Crippen LogP contribution in [0.25, 0.3) is 10.1 Å². The Labute approximate surface area is 86.3 Å². The van der Waals surface area contributed by atoms with E-state index in [0.29, 0.717) is 0 Å². The van der Waals surface area contributed by atoms with Crippen molar-refractivity contribution in [2.75, 3.05) is 5.73 Å². The van der Waals surface area contributed by atoms with Crippen molar-refractivity contribution in [2.45, 2.75) is 13.3 Å².